The molecule has 0 aliphatic carbocycles. The number of hydrogen-bond acceptors (Lipinski definition) is 5. The van der Waals surface area contributed by atoms with Crippen molar-refractivity contribution in [2.75, 3.05) is 32.8 Å². The van der Waals surface area contributed by atoms with E-state index in [0.717, 1.165) is 32.5 Å². The lowest BCUT2D eigenvalue weighted by Gasteiger charge is -2.30. The minimum absolute atomic E-state index is 0.240. The molecule has 1 aromatic heterocycles. The zero-order chi connectivity index (χ0) is 16.9. The van der Waals surface area contributed by atoms with Crippen LogP contribution in [0.1, 0.15) is 23.3 Å². The van der Waals surface area contributed by atoms with E-state index in [0.29, 0.717) is 23.2 Å². The Hall–Kier alpha value is -2.25. The summed E-state index contributed by atoms with van der Waals surface area (Å²) in [7, 11) is 0. The molecule has 1 amide bonds. The number of rotatable bonds is 5. The van der Waals surface area contributed by atoms with E-state index in [4.69, 9.17) is 5.11 Å². The SMILES string of the molecule is O=C(NCCN1CCC(CO)CC1)c1n[nH]c(=O)c2ccccc12. The van der Waals surface area contributed by atoms with E-state index < -0.39 is 0 Å². The number of piperidine rings is 1. The fourth-order valence-corrected chi connectivity index (χ4v) is 3.09. The summed E-state index contributed by atoms with van der Waals surface area (Å²) in [5.74, 6) is 0.125. The maximum atomic E-state index is 12.4. The molecular weight excluding hydrogens is 308 g/mol. The van der Waals surface area contributed by atoms with Gasteiger partial charge in [-0.3, -0.25) is 9.59 Å². The molecule has 128 valence electrons. The molecule has 3 rings (SSSR count). The number of carbonyl (C=O) groups is 1. The second-order valence-corrected chi connectivity index (χ2v) is 6.17. The molecule has 0 radical (unpaired) electrons. The standard InChI is InChI=1S/C17H22N4O3/c22-11-12-5-8-21(9-6-12)10-7-18-17(24)15-13-3-1-2-4-14(13)16(23)20-19-15/h1-4,12,22H,5-11H2,(H,18,24)(H,20,23). The van der Waals surface area contributed by atoms with Crippen molar-refractivity contribution in [1.29, 1.82) is 0 Å². The van der Waals surface area contributed by atoms with E-state index in [9.17, 15) is 9.59 Å². The van der Waals surface area contributed by atoms with Crippen molar-refractivity contribution >= 4 is 16.7 Å². The van der Waals surface area contributed by atoms with E-state index in [-0.39, 0.29) is 23.8 Å². The average Bonchev–Trinajstić information content (AvgIpc) is 2.63. The number of aliphatic hydroxyl groups excluding tert-OH is 1. The van der Waals surface area contributed by atoms with Crippen LogP contribution in [0.15, 0.2) is 29.1 Å². The van der Waals surface area contributed by atoms with Gasteiger partial charge in [0.15, 0.2) is 5.69 Å². The monoisotopic (exact) mass is 330 g/mol. The lowest BCUT2D eigenvalue weighted by molar-refractivity contribution is 0.0935. The molecule has 0 bridgehead atoms. The first-order valence-electron chi connectivity index (χ1n) is 8.28. The molecule has 0 atom stereocenters. The first-order chi connectivity index (χ1) is 11.7. The Kier molecular flexibility index (Phi) is 5.22. The summed E-state index contributed by atoms with van der Waals surface area (Å²) in [6.45, 7) is 3.44. The number of H-pyrrole nitrogens is 1. The first-order valence-corrected chi connectivity index (χ1v) is 8.28. The van der Waals surface area contributed by atoms with Crippen molar-refractivity contribution < 1.29 is 9.90 Å². The van der Waals surface area contributed by atoms with Gasteiger partial charge in [-0.1, -0.05) is 18.2 Å². The van der Waals surface area contributed by atoms with Crippen LogP contribution in [0.2, 0.25) is 0 Å². The zero-order valence-corrected chi connectivity index (χ0v) is 13.5. The second-order valence-electron chi connectivity index (χ2n) is 6.17. The van der Waals surface area contributed by atoms with Crippen molar-refractivity contribution in [2.24, 2.45) is 5.92 Å². The van der Waals surface area contributed by atoms with Crippen LogP contribution >= 0.6 is 0 Å². The quantitative estimate of drug-likeness (QED) is 0.735. The summed E-state index contributed by atoms with van der Waals surface area (Å²) in [4.78, 5) is 26.4. The van der Waals surface area contributed by atoms with Gasteiger partial charge in [-0.25, -0.2) is 5.10 Å². The predicted molar refractivity (Wildman–Crippen MR) is 90.9 cm³/mol. The molecule has 1 aliphatic rings. The van der Waals surface area contributed by atoms with Gasteiger partial charge in [-0.05, 0) is 37.9 Å². The number of hydrogen-bond donors (Lipinski definition) is 3. The molecule has 1 aliphatic heterocycles. The normalized spacial score (nSPS) is 16.4. The summed E-state index contributed by atoms with van der Waals surface area (Å²) < 4.78 is 0. The van der Waals surface area contributed by atoms with Gasteiger partial charge in [0, 0.05) is 25.1 Å². The van der Waals surface area contributed by atoms with Crippen LogP contribution in [0, 0.1) is 5.92 Å². The molecule has 1 aromatic carbocycles. The average molecular weight is 330 g/mol. The summed E-state index contributed by atoms with van der Waals surface area (Å²) in [5.41, 5.74) is -0.0573. The van der Waals surface area contributed by atoms with Gasteiger partial charge in [-0.2, -0.15) is 5.10 Å². The first kappa shape index (κ1) is 16.6. The van der Waals surface area contributed by atoms with Crippen molar-refractivity contribution in [3.05, 3.63) is 40.3 Å². The van der Waals surface area contributed by atoms with Gasteiger partial charge in [0.2, 0.25) is 0 Å². The third-order valence-corrected chi connectivity index (χ3v) is 4.59. The van der Waals surface area contributed by atoms with Crippen LogP contribution in [0.25, 0.3) is 10.8 Å². The van der Waals surface area contributed by atoms with E-state index >= 15 is 0 Å². The molecule has 1 fully saturated rings. The Labute approximate surface area is 139 Å². The number of amides is 1. The van der Waals surface area contributed by atoms with Gasteiger partial charge < -0.3 is 15.3 Å². The predicted octanol–water partition coefficient (Wildman–Crippen LogP) is 0.357. The van der Waals surface area contributed by atoms with Gasteiger partial charge in [-0.15, -0.1) is 0 Å². The van der Waals surface area contributed by atoms with E-state index in [1.54, 1.807) is 24.3 Å². The number of fused-ring (bicyclic) bond motifs is 1. The van der Waals surface area contributed by atoms with E-state index in [1.165, 1.54) is 0 Å². The Morgan fingerprint density at radius 3 is 2.71 bits per heavy atom. The molecular formula is C17H22N4O3. The number of aromatic nitrogens is 2. The summed E-state index contributed by atoms with van der Waals surface area (Å²) >= 11 is 0. The molecule has 3 N–H and O–H groups in total. The number of aliphatic hydroxyl groups is 1. The minimum Gasteiger partial charge on any atom is -0.396 e. The van der Waals surface area contributed by atoms with Gasteiger partial charge in [0.1, 0.15) is 0 Å². The van der Waals surface area contributed by atoms with Crippen molar-refractivity contribution in [1.82, 2.24) is 20.4 Å². The molecule has 2 aromatic rings. The highest BCUT2D eigenvalue weighted by Crippen LogP contribution is 2.16. The van der Waals surface area contributed by atoms with Crippen molar-refractivity contribution in [3.63, 3.8) is 0 Å². The van der Waals surface area contributed by atoms with Crippen molar-refractivity contribution in [2.45, 2.75) is 12.8 Å². The molecule has 2 heterocycles. The molecule has 7 nitrogen and oxygen atoms in total. The summed E-state index contributed by atoms with van der Waals surface area (Å²) in [6, 6.07) is 6.95. The molecule has 0 spiro atoms. The van der Waals surface area contributed by atoms with Gasteiger partial charge in [0.25, 0.3) is 11.5 Å². The smallest absolute Gasteiger partial charge is 0.272 e. The maximum absolute atomic E-state index is 12.4. The third kappa shape index (κ3) is 3.63. The molecule has 0 unspecified atom stereocenters. The number of likely N-dealkylation sites (tertiary alicyclic amines) is 1. The fraction of sp³-hybridized carbons (Fsp3) is 0.471. The van der Waals surface area contributed by atoms with Crippen LogP contribution in [-0.2, 0) is 0 Å². The van der Waals surface area contributed by atoms with Gasteiger partial charge in [0.05, 0.1) is 5.39 Å². The zero-order valence-electron chi connectivity index (χ0n) is 13.5. The minimum atomic E-state index is -0.297. The van der Waals surface area contributed by atoms with E-state index in [1.807, 2.05) is 0 Å². The number of nitrogens with one attached hydrogen (secondary N) is 2. The molecule has 1 saturated heterocycles. The number of carbonyl (C=O) groups excluding carboxylic acids is 1. The van der Waals surface area contributed by atoms with Crippen LogP contribution < -0.4 is 10.9 Å². The molecule has 7 heteroatoms. The highest BCUT2D eigenvalue weighted by Gasteiger charge is 2.18. The Balaban J connectivity index is 1.58. The van der Waals surface area contributed by atoms with Crippen LogP contribution in [0.3, 0.4) is 0 Å². The Morgan fingerprint density at radius 1 is 1.29 bits per heavy atom. The number of benzene rings is 1. The number of aromatic amines is 1. The van der Waals surface area contributed by atoms with Gasteiger partial charge >= 0.3 is 0 Å². The lowest BCUT2D eigenvalue weighted by atomic mass is 9.98. The largest absolute Gasteiger partial charge is 0.396 e. The lowest BCUT2D eigenvalue weighted by Crippen LogP contribution is -2.40. The topological polar surface area (TPSA) is 98.3 Å². The highest BCUT2D eigenvalue weighted by molar-refractivity contribution is 6.04. The summed E-state index contributed by atoms with van der Waals surface area (Å²) in [6.07, 6.45) is 1.99. The Morgan fingerprint density at radius 2 is 2.00 bits per heavy atom. The Bertz CT molecular complexity index is 766. The highest BCUT2D eigenvalue weighted by atomic mass is 16.3. The molecule has 0 saturated carbocycles. The second kappa shape index (κ2) is 7.55. The summed E-state index contributed by atoms with van der Waals surface area (Å²) in [5, 5.41) is 19.3. The van der Waals surface area contributed by atoms with Crippen LogP contribution in [-0.4, -0.2) is 58.9 Å². The maximum Gasteiger partial charge on any atom is 0.272 e. The molecule has 24 heavy (non-hydrogen) atoms. The van der Waals surface area contributed by atoms with E-state index in [2.05, 4.69) is 20.4 Å². The van der Waals surface area contributed by atoms with Crippen molar-refractivity contribution in [3.8, 4) is 0 Å². The van der Waals surface area contributed by atoms with Crippen LogP contribution in [0.4, 0.5) is 0 Å². The number of nitrogens with zero attached hydrogens (tertiary/aromatic N) is 2. The third-order valence-electron chi connectivity index (χ3n) is 4.59. The fourth-order valence-electron chi connectivity index (χ4n) is 3.09. The van der Waals surface area contributed by atoms with Crippen LogP contribution in [0.5, 0.6) is 0 Å².